The molecule has 1 saturated heterocycles. The molecule has 1 unspecified atom stereocenters. The Hall–Kier alpha value is -2.73. The highest BCUT2D eigenvalue weighted by molar-refractivity contribution is 5.46. The molecule has 4 rings (SSSR count). The summed E-state index contributed by atoms with van der Waals surface area (Å²) in [4.78, 5) is 23.7. The fourth-order valence-electron chi connectivity index (χ4n) is 3.56. The van der Waals surface area contributed by atoms with Crippen molar-refractivity contribution in [2.45, 2.75) is 19.9 Å². The summed E-state index contributed by atoms with van der Waals surface area (Å²) in [5, 5.41) is 3.41. The summed E-state index contributed by atoms with van der Waals surface area (Å²) in [5.41, 5.74) is 2.61. The van der Waals surface area contributed by atoms with Gasteiger partial charge >= 0.3 is 0 Å². The largest absolute Gasteiger partial charge is 0.370 e. The number of hydrogen-bond acceptors (Lipinski definition) is 5. The van der Waals surface area contributed by atoms with Gasteiger partial charge in [-0.25, -0.2) is 9.97 Å². The molecule has 1 atom stereocenters. The minimum absolute atomic E-state index is 0.0127. The van der Waals surface area contributed by atoms with Gasteiger partial charge in [-0.2, -0.15) is 0 Å². The lowest BCUT2D eigenvalue weighted by Gasteiger charge is -2.16. The van der Waals surface area contributed by atoms with Crippen LogP contribution in [-0.4, -0.2) is 38.9 Å². The highest BCUT2D eigenvalue weighted by Crippen LogP contribution is 2.19. The summed E-state index contributed by atoms with van der Waals surface area (Å²) >= 11 is 0. The van der Waals surface area contributed by atoms with Crippen molar-refractivity contribution < 1.29 is 0 Å². The maximum atomic E-state index is 12.3. The van der Waals surface area contributed by atoms with Gasteiger partial charge in [-0.15, -0.1) is 0 Å². The molecule has 4 heterocycles. The van der Waals surface area contributed by atoms with Crippen LogP contribution in [0.3, 0.4) is 0 Å². The molecule has 1 aliphatic heterocycles. The lowest BCUT2D eigenvalue weighted by molar-refractivity contribution is 0.315. The smallest absolute Gasteiger partial charge is 0.258 e. The van der Waals surface area contributed by atoms with Gasteiger partial charge in [-0.1, -0.05) is 12.1 Å². The maximum Gasteiger partial charge on any atom is 0.258 e. The molecule has 3 aromatic heterocycles. The second kappa shape index (κ2) is 7.25. The van der Waals surface area contributed by atoms with Crippen molar-refractivity contribution >= 4 is 11.5 Å². The molecule has 6 nitrogen and oxygen atoms in total. The van der Waals surface area contributed by atoms with Crippen LogP contribution in [0.1, 0.15) is 17.7 Å². The molecule has 26 heavy (non-hydrogen) atoms. The van der Waals surface area contributed by atoms with Crippen LogP contribution in [0.4, 0.5) is 5.82 Å². The molecule has 0 spiro atoms. The Labute approximate surface area is 152 Å². The lowest BCUT2D eigenvalue weighted by Crippen LogP contribution is -2.25. The third-order valence-electron chi connectivity index (χ3n) is 4.93. The highest BCUT2D eigenvalue weighted by Gasteiger charge is 2.23. The Kier molecular flexibility index (Phi) is 4.67. The molecular weight excluding hydrogens is 326 g/mol. The Morgan fingerprint density at radius 1 is 1.27 bits per heavy atom. The molecule has 1 N–H and O–H groups in total. The van der Waals surface area contributed by atoms with Gasteiger partial charge in [0.15, 0.2) is 0 Å². The first kappa shape index (κ1) is 16.7. The summed E-state index contributed by atoms with van der Waals surface area (Å²) in [6.45, 7) is 5.67. The maximum absolute atomic E-state index is 12.3. The molecule has 3 aromatic rings. The molecule has 134 valence electrons. The Morgan fingerprint density at radius 3 is 3.04 bits per heavy atom. The monoisotopic (exact) mass is 349 g/mol. The number of nitrogens with one attached hydrogen (secondary N) is 1. The summed E-state index contributed by atoms with van der Waals surface area (Å²) in [6.07, 6.45) is 4.72. The fraction of sp³-hybridized carbons (Fsp3) is 0.350. The molecular formula is C20H23N5O. The lowest BCUT2D eigenvalue weighted by atomic mass is 10.1. The summed E-state index contributed by atoms with van der Waals surface area (Å²) < 4.78 is 1.61. The minimum Gasteiger partial charge on any atom is -0.370 e. The number of nitrogens with zero attached hydrogens (tertiary/aromatic N) is 4. The third kappa shape index (κ3) is 3.60. The van der Waals surface area contributed by atoms with Crippen molar-refractivity contribution in [3.05, 3.63) is 70.4 Å². The first-order valence-electron chi connectivity index (χ1n) is 9.04. The van der Waals surface area contributed by atoms with E-state index in [0.717, 1.165) is 55.3 Å². The normalized spacial score (nSPS) is 17.7. The van der Waals surface area contributed by atoms with Crippen LogP contribution in [0.15, 0.2) is 53.6 Å². The van der Waals surface area contributed by atoms with Crippen LogP contribution in [-0.2, 0) is 6.54 Å². The van der Waals surface area contributed by atoms with Crippen molar-refractivity contribution in [2.24, 2.45) is 5.92 Å². The zero-order valence-electron chi connectivity index (χ0n) is 14.9. The van der Waals surface area contributed by atoms with E-state index in [0.29, 0.717) is 5.92 Å². The van der Waals surface area contributed by atoms with E-state index in [4.69, 9.17) is 4.98 Å². The van der Waals surface area contributed by atoms with Crippen LogP contribution in [0, 0.1) is 12.8 Å². The number of anilines is 1. The molecule has 0 aromatic carbocycles. The number of pyridine rings is 2. The Morgan fingerprint density at radius 2 is 2.19 bits per heavy atom. The average Bonchev–Trinajstić information content (AvgIpc) is 3.09. The highest BCUT2D eigenvalue weighted by atomic mass is 16.1. The van der Waals surface area contributed by atoms with Crippen LogP contribution >= 0.6 is 0 Å². The van der Waals surface area contributed by atoms with Crippen LogP contribution < -0.4 is 10.9 Å². The molecule has 6 heteroatoms. The van der Waals surface area contributed by atoms with Gasteiger partial charge in [0.2, 0.25) is 0 Å². The number of rotatable bonds is 5. The predicted molar refractivity (Wildman–Crippen MR) is 102 cm³/mol. The molecule has 0 aliphatic carbocycles. The van der Waals surface area contributed by atoms with Gasteiger partial charge in [0, 0.05) is 38.1 Å². The molecule has 0 bridgehead atoms. The van der Waals surface area contributed by atoms with Crippen LogP contribution in [0.25, 0.3) is 5.65 Å². The summed E-state index contributed by atoms with van der Waals surface area (Å²) in [6, 6.07) is 11.4. The fourth-order valence-corrected chi connectivity index (χ4v) is 3.56. The van der Waals surface area contributed by atoms with Crippen molar-refractivity contribution in [2.75, 3.05) is 25.0 Å². The van der Waals surface area contributed by atoms with Gasteiger partial charge in [-0.05, 0) is 49.6 Å². The van der Waals surface area contributed by atoms with E-state index in [9.17, 15) is 4.79 Å². The number of hydrogen-bond donors (Lipinski definition) is 1. The minimum atomic E-state index is -0.0127. The Balaban J connectivity index is 1.40. The van der Waals surface area contributed by atoms with Crippen molar-refractivity contribution in [1.29, 1.82) is 0 Å². The van der Waals surface area contributed by atoms with Crippen molar-refractivity contribution in [3.8, 4) is 0 Å². The van der Waals surface area contributed by atoms with Crippen molar-refractivity contribution in [3.63, 3.8) is 0 Å². The summed E-state index contributed by atoms with van der Waals surface area (Å²) in [5.74, 6) is 1.51. The van der Waals surface area contributed by atoms with Gasteiger partial charge < -0.3 is 5.32 Å². The van der Waals surface area contributed by atoms with E-state index < -0.39 is 0 Å². The van der Waals surface area contributed by atoms with Gasteiger partial charge in [0.1, 0.15) is 11.5 Å². The van der Waals surface area contributed by atoms with E-state index in [1.54, 1.807) is 22.9 Å². The van der Waals surface area contributed by atoms with Crippen LogP contribution in [0.5, 0.6) is 0 Å². The summed E-state index contributed by atoms with van der Waals surface area (Å²) in [7, 11) is 0. The zero-order chi connectivity index (χ0) is 17.9. The third-order valence-corrected chi connectivity index (χ3v) is 4.93. The van der Waals surface area contributed by atoms with Gasteiger partial charge in [-0.3, -0.25) is 14.1 Å². The number of likely N-dealkylation sites (tertiary alicyclic amines) is 1. The topological polar surface area (TPSA) is 62.5 Å². The predicted octanol–water partition coefficient (Wildman–Crippen LogP) is 2.33. The molecule has 1 fully saturated rings. The zero-order valence-corrected chi connectivity index (χ0v) is 14.9. The molecule has 1 aliphatic rings. The van der Waals surface area contributed by atoms with Crippen molar-refractivity contribution in [1.82, 2.24) is 19.3 Å². The standard InChI is InChI=1S/C20H23N5O/c1-15-5-4-9-25-19(26)11-17(23-20(15)25)14-24-10-7-16(13-24)12-22-18-6-2-3-8-21-18/h2-6,8-9,11,16H,7,10,12-14H2,1H3,(H,21,22). The molecule has 0 amide bonds. The van der Waals surface area contributed by atoms with E-state index in [2.05, 4.69) is 15.2 Å². The van der Waals surface area contributed by atoms with E-state index >= 15 is 0 Å². The van der Waals surface area contributed by atoms with Crippen LogP contribution in [0.2, 0.25) is 0 Å². The number of fused-ring (bicyclic) bond motifs is 1. The average molecular weight is 349 g/mol. The van der Waals surface area contributed by atoms with Gasteiger partial charge in [0.25, 0.3) is 5.56 Å². The quantitative estimate of drug-likeness (QED) is 0.766. The first-order valence-corrected chi connectivity index (χ1v) is 9.04. The molecule has 0 saturated carbocycles. The first-order chi connectivity index (χ1) is 12.7. The van der Waals surface area contributed by atoms with E-state index in [-0.39, 0.29) is 5.56 Å². The second-order valence-electron chi connectivity index (χ2n) is 6.96. The number of aromatic nitrogens is 3. The Bertz CT molecular complexity index is 953. The second-order valence-corrected chi connectivity index (χ2v) is 6.96. The van der Waals surface area contributed by atoms with Gasteiger partial charge in [0.05, 0.1) is 5.69 Å². The SMILES string of the molecule is Cc1cccn2c(=O)cc(CN3CCC(CNc4ccccn4)C3)nc12. The van der Waals surface area contributed by atoms with E-state index in [1.165, 1.54) is 0 Å². The van der Waals surface area contributed by atoms with E-state index in [1.807, 2.05) is 37.3 Å². The number of aryl methyl sites for hydroxylation is 1. The molecule has 0 radical (unpaired) electrons.